The number of carbonyl (C=O) groups excluding carboxylic acids is 2. The third-order valence-electron chi connectivity index (χ3n) is 7.44. The highest BCUT2D eigenvalue weighted by Crippen LogP contribution is 2.34. The molecule has 0 N–H and O–H groups in total. The maximum absolute atomic E-state index is 12.6. The summed E-state index contributed by atoms with van der Waals surface area (Å²) in [5.41, 5.74) is -0.394. The smallest absolute Gasteiger partial charge is 0.410 e. The van der Waals surface area contributed by atoms with Gasteiger partial charge in [-0.2, -0.15) is 0 Å². The first-order chi connectivity index (χ1) is 14.1. The van der Waals surface area contributed by atoms with E-state index < -0.39 is 5.60 Å². The molecular formula is C22H37N3O4. The lowest BCUT2D eigenvalue weighted by atomic mass is 9.90. The lowest BCUT2D eigenvalue weighted by Crippen LogP contribution is -2.50. The maximum atomic E-state index is 12.6. The fourth-order valence-electron chi connectivity index (χ4n) is 5.46. The van der Waals surface area contributed by atoms with Crippen molar-refractivity contribution in [2.24, 2.45) is 5.92 Å². The molecule has 164 valence electrons. The van der Waals surface area contributed by atoms with Crippen molar-refractivity contribution in [2.75, 3.05) is 53.0 Å². The van der Waals surface area contributed by atoms with Crippen molar-refractivity contribution in [3.05, 3.63) is 0 Å². The largest absolute Gasteiger partial charge is 0.441 e. The zero-order valence-electron chi connectivity index (χ0n) is 17.9. The van der Waals surface area contributed by atoms with Crippen molar-refractivity contribution in [2.45, 2.75) is 69.4 Å². The van der Waals surface area contributed by atoms with E-state index in [1.165, 1.54) is 32.1 Å². The van der Waals surface area contributed by atoms with Gasteiger partial charge in [0.15, 0.2) is 0 Å². The summed E-state index contributed by atoms with van der Waals surface area (Å²) in [6.07, 6.45) is 9.85. The number of nitrogens with zero attached hydrogens (tertiary/aromatic N) is 3. The van der Waals surface area contributed by atoms with Crippen molar-refractivity contribution >= 4 is 12.0 Å². The van der Waals surface area contributed by atoms with Crippen LogP contribution in [0.1, 0.15) is 57.8 Å². The highest BCUT2D eigenvalue weighted by Gasteiger charge is 2.47. The first-order valence-corrected chi connectivity index (χ1v) is 11.6. The van der Waals surface area contributed by atoms with Crippen molar-refractivity contribution in [1.29, 1.82) is 0 Å². The van der Waals surface area contributed by atoms with E-state index >= 15 is 0 Å². The molecule has 0 aromatic rings. The van der Waals surface area contributed by atoms with Crippen LogP contribution in [0.3, 0.4) is 0 Å². The van der Waals surface area contributed by atoms with E-state index in [-0.39, 0.29) is 17.9 Å². The average molecular weight is 408 g/mol. The van der Waals surface area contributed by atoms with Crippen LogP contribution < -0.4 is 0 Å². The molecular weight excluding hydrogens is 370 g/mol. The number of ether oxygens (including phenoxy) is 2. The van der Waals surface area contributed by atoms with E-state index in [0.29, 0.717) is 38.9 Å². The van der Waals surface area contributed by atoms with E-state index in [2.05, 4.69) is 11.9 Å². The molecule has 0 radical (unpaired) electrons. The zero-order chi connectivity index (χ0) is 20.3. The van der Waals surface area contributed by atoms with E-state index in [0.717, 1.165) is 38.8 Å². The maximum Gasteiger partial charge on any atom is 0.410 e. The average Bonchev–Trinajstić information content (AvgIpc) is 3.38. The number of carbonyl (C=O) groups is 2. The molecule has 7 nitrogen and oxygen atoms in total. The Morgan fingerprint density at radius 3 is 2.62 bits per heavy atom. The number of rotatable bonds is 6. The van der Waals surface area contributed by atoms with Crippen LogP contribution in [0.25, 0.3) is 0 Å². The number of likely N-dealkylation sites (tertiary alicyclic amines) is 1. The summed E-state index contributed by atoms with van der Waals surface area (Å²) >= 11 is 0. The Balaban J connectivity index is 1.20. The Labute approximate surface area is 174 Å². The van der Waals surface area contributed by atoms with E-state index in [9.17, 15) is 9.59 Å². The second kappa shape index (κ2) is 9.21. The minimum atomic E-state index is -0.394. The predicted octanol–water partition coefficient (Wildman–Crippen LogP) is 2.49. The lowest BCUT2D eigenvalue weighted by molar-refractivity contribution is -0.138. The summed E-state index contributed by atoms with van der Waals surface area (Å²) in [5.74, 6) is 0.233. The number of amides is 2. The van der Waals surface area contributed by atoms with Crippen molar-refractivity contribution in [3.63, 3.8) is 0 Å². The van der Waals surface area contributed by atoms with Gasteiger partial charge in [-0.1, -0.05) is 19.3 Å². The molecule has 0 aromatic heterocycles. The van der Waals surface area contributed by atoms with Gasteiger partial charge in [0.2, 0.25) is 5.91 Å². The molecule has 4 rings (SSSR count). The SMILES string of the molecule is CN(CCCN1CC2(CCN(C(=O)[C@@H]3CCOC3)CC2)OC1=O)C1CCCCC1. The van der Waals surface area contributed by atoms with Crippen LogP contribution in [0, 0.1) is 5.92 Å². The Morgan fingerprint density at radius 1 is 1.17 bits per heavy atom. The molecule has 7 heteroatoms. The van der Waals surface area contributed by atoms with Gasteiger partial charge in [-0.25, -0.2) is 4.79 Å². The molecule has 0 aromatic carbocycles. The van der Waals surface area contributed by atoms with Gasteiger partial charge < -0.3 is 24.2 Å². The Morgan fingerprint density at radius 2 is 1.93 bits per heavy atom. The van der Waals surface area contributed by atoms with Gasteiger partial charge in [0.1, 0.15) is 5.60 Å². The van der Waals surface area contributed by atoms with Gasteiger partial charge >= 0.3 is 6.09 Å². The summed E-state index contributed by atoms with van der Waals surface area (Å²) in [7, 11) is 2.22. The monoisotopic (exact) mass is 407 g/mol. The zero-order valence-corrected chi connectivity index (χ0v) is 17.9. The first kappa shape index (κ1) is 20.9. The fourth-order valence-corrected chi connectivity index (χ4v) is 5.46. The Bertz CT molecular complexity index is 579. The van der Waals surface area contributed by atoms with E-state index in [1.54, 1.807) is 0 Å². The molecule has 4 aliphatic rings. The highest BCUT2D eigenvalue weighted by atomic mass is 16.6. The van der Waals surface area contributed by atoms with Gasteiger partial charge in [0.05, 0.1) is 19.1 Å². The van der Waals surface area contributed by atoms with Crippen LogP contribution in [-0.4, -0.2) is 91.3 Å². The lowest BCUT2D eigenvalue weighted by Gasteiger charge is -2.38. The van der Waals surface area contributed by atoms with Crippen LogP contribution >= 0.6 is 0 Å². The summed E-state index contributed by atoms with van der Waals surface area (Å²) in [5, 5.41) is 0. The van der Waals surface area contributed by atoms with Gasteiger partial charge in [-0.15, -0.1) is 0 Å². The summed E-state index contributed by atoms with van der Waals surface area (Å²) in [6.45, 7) is 5.08. The van der Waals surface area contributed by atoms with E-state index in [1.807, 2.05) is 9.80 Å². The summed E-state index contributed by atoms with van der Waals surface area (Å²) in [6, 6.07) is 0.716. The first-order valence-electron chi connectivity index (χ1n) is 11.6. The molecule has 29 heavy (non-hydrogen) atoms. The number of hydrogen-bond donors (Lipinski definition) is 0. The van der Waals surface area contributed by atoms with Gasteiger partial charge in [0.25, 0.3) is 0 Å². The molecule has 0 bridgehead atoms. The van der Waals surface area contributed by atoms with Crippen molar-refractivity contribution in [3.8, 4) is 0 Å². The minimum Gasteiger partial charge on any atom is -0.441 e. The molecule has 1 spiro atoms. The second-order valence-corrected chi connectivity index (χ2v) is 9.48. The molecule has 1 aliphatic carbocycles. The molecule has 2 amide bonds. The number of piperidine rings is 1. The van der Waals surface area contributed by atoms with Gasteiger partial charge in [-0.3, -0.25) is 4.79 Å². The molecule has 4 fully saturated rings. The molecule has 0 unspecified atom stereocenters. The van der Waals surface area contributed by atoms with Crippen LogP contribution in [0.15, 0.2) is 0 Å². The predicted molar refractivity (Wildman–Crippen MR) is 110 cm³/mol. The molecule has 1 saturated carbocycles. The van der Waals surface area contributed by atoms with Crippen LogP contribution in [0.5, 0.6) is 0 Å². The van der Waals surface area contributed by atoms with Crippen LogP contribution in [0.2, 0.25) is 0 Å². The minimum absolute atomic E-state index is 0.0211. The number of hydrogen-bond acceptors (Lipinski definition) is 5. The topological polar surface area (TPSA) is 62.3 Å². The van der Waals surface area contributed by atoms with Crippen LogP contribution in [-0.2, 0) is 14.3 Å². The molecule has 3 saturated heterocycles. The second-order valence-electron chi connectivity index (χ2n) is 9.48. The third kappa shape index (κ3) is 4.88. The molecule has 3 aliphatic heterocycles. The van der Waals surface area contributed by atoms with E-state index in [4.69, 9.17) is 9.47 Å². The standard InChI is InChI=1S/C22H37N3O4/c1-23(19-6-3-2-4-7-19)11-5-12-25-17-22(29-21(25)27)9-13-24(14-10-22)20(26)18-8-15-28-16-18/h18-19H,2-17H2,1H3/t18-/m1/s1. The Kier molecular flexibility index (Phi) is 6.64. The normalized spacial score (nSPS) is 27.8. The fraction of sp³-hybridized carbons (Fsp3) is 0.909. The molecule has 1 atom stereocenters. The quantitative estimate of drug-likeness (QED) is 0.677. The van der Waals surface area contributed by atoms with Crippen molar-refractivity contribution < 1.29 is 19.1 Å². The highest BCUT2D eigenvalue weighted by molar-refractivity contribution is 5.79. The summed E-state index contributed by atoms with van der Waals surface area (Å²) < 4.78 is 11.2. The summed E-state index contributed by atoms with van der Waals surface area (Å²) in [4.78, 5) is 31.3. The van der Waals surface area contributed by atoms with Crippen LogP contribution in [0.4, 0.5) is 4.79 Å². The molecule has 3 heterocycles. The third-order valence-corrected chi connectivity index (χ3v) is 7.44. The van der Waals surface area contributed by atoms with Gasteiger partial charge in [-0.05, 0) is 39.3 Å². The van der Waals surface area contributed by atoms with Gasteiger partial charge in [0, 0.05) is 45.1 Å². The van der Waals surface area contributed by atoms with Crippen molar-refractivity contribution in [1.82, 2.24) is 14.7 Å². The Hall–Kier alpha value is -1.34.